The van der Waals surface area contributed by atoms with Gasteiger partial charge >= 0.3 is 0 Å². The number of anilines is 1. The third-order valence-electron chi connectivity index (χ3n) is 4.33. The van der Waals surface area contributed by atoms with Crippen LogP contribution >= 0.6 is 23.1 Å². The molecule has 3 nitrogen and oxygen atoms in total. The minimum absolute atomic E-state index is 0.108. The maximum absolute atomic E-state index is 12.6. The van der Waals surface area contributed by atoms with Crippen LogP contribution in [0, 0.1) is 0 Å². The monoisotopic (exact) mass is 382 g/mol. The number of carbonyl (C=O) groups is 1. The quantitative estimate of drug-likeness (QED) is 0.491. The number of thiophene rings is 1. The normalized spacial score (nSPS) is 11.0. The van der Waals surface area contributed by atoms with Crippen molar-refractivity contribution in [1.82, 2.24) is 4.98 Å². The third-order valence-corrected chi connectivity index (χ3v) is 6.17. The molecule has 0 saturated heterocycles. The minimum atomic E-state index is 0.108. The first kappa shape index (κ1) is 18.7. The lowest BCUT2D eigenvalue weighted by Crippen LogP contribution is -2.00. The number of hydrogen-bond acceptors (Lipinski definition) is 5. The summed E-state index contributed by atoms with van der Waals surface area (Å²) in [6, 6.07) is 12.1. The van der Waals surface area contributed by atoms with Crippen LogP contribution in [0.3, 0.4) is 0 Å². The van der Waals surface area contributed by atoms with E-state index in [0.717, 1.165) is 44.8 Å². The largest absolute Gasteiger partial charge is 0.397 e. The van der Waals surface area contributed by atoms with Gasteiger partial charge in [0, 0.05) is 16.7 Å². The number of thioether (sulfide) groups is 1. The highest BCUT2D eigenvalue weighted by molar-refractivity contribution is 8.07. The van der Waals surface area contributed by atoms with Gasteiger partial charge in [-0.2, -0.15) is 0 Å². The number of nitrogen functional groups attached to an aromatic ring is 1. The average Bonchev–Trinajstić information content (AvgIpc) is 3.02. The number of rotatable bonds is 7. The molecular weight excluding hydrogens is 360 g/mol. The van der Waals surface area contributed by atoms with E-state index in [1.165, 1.54) is 11.3 Å². The summed E-state index contributed by atoms with van der Waals surface area (Å²) in [5.74, 6) is 0.108. The zero-order valence-electron chi connectivity index (χ0n) is 15.0. The van der Waals surface area contributed by atoms with Gasteiger partial charge in [0.1, 0.15) is 4.83 Å². The fraction of sp³-hybridized carbons (Fsp3) is 0.238. The zero-order valence-corrected chi connectivity index (χ0v) is 16.7. The van der Waals surface area contributed by atoms with Gasteiger partial charge in [-0.3, -0.25) is 4.79 Å². The molecule has 0 saturated carbocycles. The molecule has 5 heteroatoms. The second-order valence-electron chi connectivity index (χ2n) is 6.10. The van der Waals surface area contributed by atoms with E-state index in [1.807, 2.05) is 30.5 Å². The highest BCUT2D eigenvalue weighted by Crippen LogP contribution is 2.41. The van der Waals surface area contributed by atoms with Gasteiger partial charge < -0.3 is 5.73 Å². The number of pyridine rings is 1. The molecule has 134 valence electrons. The lowest BCUT2D eigenvalue weighted by Gasteiger charge is -2.09. The number of unbranched alkanes of at least 4 members (excludes halogenated alkanes) is 1. The summed E-state index contributed by atoms with van der Waals surface area (Å²) in [6.07, 6.45) is 4.37. The number of aromatic nitrogens is 1. The number of carbonyl (C=O) groups excluding carboxylic acids is 1. The number of ketones is 1. The molecule has 1 aromatic carbocycles. The number of benzene rings is 1. The van der Waals surface area contributed by atoms with Crippen molar-refractivity contribution in [3.8, 4) is 11.1 Å². The van der Waals surface area contributed by atoms with Crippen LogP contribution in [0.1, 0.15) is 41.6 Å². The van der Waals surface area contributed by atoms with Gasteiger partial charge in [0.25, 0.3) is 0 Å². The van der Waals surface area contributed by atoms with E-state index < -0.39 is 0 Å². The summed E-state index contributed by atoms with van der Waals surface area (Å²) in [5, 5.41) is 0.874. The Hall–Kier alpha value is -2.11. The van der Waals surface area contributed by atoms with Gasteiger partial charge in [-0.15, -0.1) is 23.1 Å². The van der Waals surface area contributed by atoms with Crippen LogP contribution in [0.2, 0.25) is 0 Å². The van der Waals surface area contributed by atoms with Gasteiger partial charge in [-0.1, -0.05) is 50.3 Å². The van der Waals surface area contributed by atoms with Crippen molar-refractivity contribution in [3.63, 3.8) is 0 Å². The van der Waals surface area contributed by atoms with Crippen LogP contribution in [-0.4, -0.2) is 17.0 Å². The Kier molecular flexibility index (Phi) is 5.79. The van der Waals surface area contributed by atoms with E-state index in [2.05, 4.69) is 25.6 Å². The highest BCUT2D eigenvalue weighted by Gasteiger charge is 2.21. The SMILES string of the molecule is C=C(SC)c1cc(-c2ccccc2)c2c(N)c(C(=O)CCCC)sc2n1. The summed E-state index contributed by atoms with van der Waals surface area (Å²) < 4.78 is 0. The smallest absolute Gasteiger partial charge is 0.174 e. The molecule has 0 aliphatic carbocycles. The topological polar surface area (TPSA) is 56.0 Å². The van der Waals surface area contributed by atoms with Gasteiger partial charge in [0.05, 0.1) is 16.3 Å². The second kappa shape index (κ2) is 8.06. The number of hydrogen-bond donors (Lipinski definition) is 1. The van der Waals surface area contributed by atoms with Crippen molar-refractivity contribution < 1.29 is 4.79 Å². The van der Waals surface area contributed by atoms with Gasteiger partial charge in [0.15, 0.2) is 5.78 Å². The fourth-order valence-corrected chi connectivity index (χ4v) is 4.27. The molecule has 0 aliphatic heterocycles. The van der Waals surface area contributed by atoms with Crippen LogP contribution in [0.15, 0.2) is 43.0 Å². The molecule has 0 fully saturated rings. The number of nitrogens with two attached hydrogens (primary N) is 1. The minimum Gasteiger partial charge on any atom is -0.397 e. The van der Waals surface area contributed by atoms with Crippen molar-refractivity contribution in [2.75, 3.05) is 12.0 Å². The van der Waals surface area contributed by atoms with Gasteiger partial charge in [0.2, 0.25) is 0 Å². The summed E-state index contributed by atoms with van der Waals surface area (Å²) in [7, 11) is 0. The lowest BCUT2D eigenvalue weighted by atomic mass is 10.0. The van der Waals surface area contributed by atoms with Crippen molar-refractivity contribution in [1.29, 1.82) is 0 Å². The Morgan fingerprint density at radius 1 is 1.31 bits per heavy atom. The Bertz CT molecular complexity index is 961. The van der Waals surface area contributed by atoms with Crippen LogP contribution in [0.5, 0.6) is 0 Å². The van der Waals surface area contributed by atoms with Crippen LogP contribution in [0.4, 0.5) is 5.69 Å². The predicted molar refractivity (Wildman–Crippen MR) is 116 cm³/mol. The Balaban J connectivity index is 2.24. The standard InChI is InChI=1S/C21H22N2OS2/c1-4-5-11-17(24)20-19(22)18-15(14-9-7-6-8-10-14)12-16(13(2)25-3)23-21(18)26-20/h6-10,12H,2,4-5,11,22H2,1,3H3. The molecule has 0 radical (unpaired) electrons. The summed E-state index contributed by atoms with van der Waals surface area (Å²) in [5.41, 5.74) is 9.88. The molecule has 3 rings (SSSR count). The molecule has 2 N–H and O–H groups in total. The molecule has 0 bridgehead atoms. The molecule has 2 heterocycles. The maximum Gasteiger partial charge on any atom is 0.174 e. The van der Waals surface area contributed by atoms with Crippen molar-refractivity contribution >= 4 is 49.7 Å². The van der Waals surface area contributed by atoms with E-state index in [-0.39, 0.29) is 5.78 Å². The van der Waals surface area contributed by atoms with E-state index in [0.29, 0.717) is 17.0 Å². The van der Waals surface area contributed by atoms with Crippen molar-refractivity contribution in [2.45, 2.75) is 26.2 Å². The van der Waals surface area contributed by atoms with Crippen LogP contribution in [0.25, 0.3) is 26.2 Å². The first-order valence-corrected chi connectivity index (χ1v) is 10.7. The number of fused-ring (bicyclic) bond motifs is 1. The molecule has 0 unspecified atom stereocenters. The molecule has 26 heavy (non-hydrogen) atoms. The number of Topliss-reactive ketones (excluding diaryl/α,β-unsaturated/α-hetero) is 1. The number of nitrogens with zero attached hydrogens (tertiary/aromatic N) is 1. The van der Waals surface area contributed by atoms with E-state index in [1.54, 1.807) is 11.8 Å². The molecule has 0 spiro atoms. The van der Waals surface area contributed by atoms with Crippen molar-refractivity contribution in [3.05, 3.63) is 53.5 Å². The Morgan fingerprint density at radius 2 is 2.04 bits per heavy atom. The Morgan fingerprint density at radius 3 is 2.69 bits per heavy atom. The first-order chi connectivity index (χ1) is 12.6. The van der Waals surface area contributed by atoms with Crippen molar-refractivity contribution in [2.24, 2.45) is 0 Å². The first-order valence-electron chi connectivity index (χ1n) is 8.61. The van der Waals surface area contributed by atoms with Gasteiger partial charge in [-0.25, -0.2) is 4.98 Å². The average molecular weight is 383 g/mol. The maximum atomic E-state index is 12.6. The lowest BCUT2D eigenvalue weighted by molar-refractivity contribution is 0.0984. The summed E-state index contributed by atoms with van der Waals surface area (Å²) >= 11 is 2.97. The second-order valence-corrected chi connectivity index (χ2v) is 8.00. The van der Waals surface area contributed by atoms with Gasteiger partial charge in [-0.05, 0) is 29.9 Å². The third kappa shape index (κ3) is 3.55. The molecular formula is C21H22N2OS2. The molecule has 0 aliphatic rings. The summed E-state index contributed by atoms with van der Waals surface area (Å²) in [4.78, 5) is 19.7. The Labute approximate surface area is 162 Å². The fourth-order valence-electron chi connectivity index (χ4n) is 2.87. The molecule has 2 aromatic heterocycles. The van der Waals surface area contributed by atoms with Crippen LogP contribution in [-0.2, 0) is 0 Å². The molecule has 0 amide bonds. The zero-order chi connectivity index (χ0) is 18.7. The van der Waals surface area contributed by atoms with E-state index >= 15 is 0 Å². The molecule has 0 atom stereocenters. The van der Waals surface area contributed by atoms with Crippen LogP contribution < -0.4 is 5.73 Å². The van der Waals surface area contributed by atoms with E-state index in [9.17, 15) is 4.79 Å². The highest BCUT2D eigenvalue weighted by atomic mass is 32.2. The molecule has 3 aromatic rings. The summed E-state index contributed by atoms with van der Waals surface area (Å²) in [6.45, 7) is 6.18. The predicted octanol–water partition coefficient (Wildman–Crippen LogP) is 6.25. The van der Waals surface area contributed by atoms with E-state index in [4.69, 9.17) is 10.7 Å².